The summed E-state index contributed by atoms with van der Waals surface area (Å²) < 4.78 is 41.8. The van der Waals surface area contributed by atoms with Gasteiger partial charge in [-0.15, -0.1) is 5.10 Å². The zero-order chi connectivity index (χ0) is 11.6. The summed E-state index contributed by atoms with van der Waals surface area (Å²) in [6.07, 6.45) is -2.66. The van der Waals surface area contributed by atoms with Gasteiger partial charge in [0, 0.05) is 18.8 Å². The first-order chi connectivity index (χ1) is 6.79. The minimum atomic E-state index is -4.33. The van der Waals surface area contributed by atoms with E-state index >= 15 is 0 Å². The first-order valence-electron chi connectivity index (χ1n) is 4.52. The van der Waals surface area contributed by atoms with Crippen molar-refractivity contribution in [1.82, 2.24) is 9.78 Å². The van der Waals surface area contributed by atoms with Crippen LogP contribution in [0.4, 0.5) is 13.2 Å². The standard InChI is InChI=1S/C9H13F3N2O/c1-6(2)7-4-14(3)13-8(7)15-5-9(10,11)12/h4,6H,5H2,1-3H3. The van der Waals surface area contributed by atoms with E-state index < -0.39 is 12.8 Å². The number of alkyl halides is 3. The van der Waals surface area contributed by atoms with Crippen LogP contribution >= 0.6 is 0 Å². The molecule has 0 aliphatic heterocycles. The van der Waals surface area contributed by atoms with Crippen molar-refractivity contribution < 1.29 is 17.9 Å². The van der Waals surface area contributed by atoms with Crippen LogP contribution in [0.1, 0.15) is 25.3 Å². The predicted molar refractivity (Wildman–Crippen MR) is 48.8 cm³/mol. The van der Waals surface area contributed by atoms with Gasteiger partial charge in [-0.1, -0.05) is 13.8 Å². The van der Waals surface area contributed by atoms with Crippen LogP contribution in [0.25, 0.3) is 0 Å². The molecule has 15 heavy (non-hydrogen) atoms. The third-order valence-electron chi connectivity index (χ3n) is 1.82. The Morgan fingerprint density at radius 3 is 2.53 bits per heavy atom. The van der Waals surface area contributed by atoms with E-state index in [1.54, 1.807) is 13.2 Å². The average molecular weight is 222 g/mol. The van der Waals surface area contributed by atoms with Crippen molar-refractivity contribution in [3.05, 3.63) is 11.8 Å². The van der Waals surface area contributed by atoms with E-state index in [2.05, 4.69) is 9.84 Å². The van der Waals surface area contributed by atoms with Gasteiger partial charge in [-0.05, 0) is 5.92 Å². The molecule has 1 aromatic heterocycles. The molecule has 1 aromatic rings. The lowest BCUT2D eigenvalue weighted by atomic mass is 10.1. The molecular formula is C9H13F3N2O. The van der Waals surface area contributed by atoms with E-state index in [0.717, 1.165) is 0 Å². The fourth-order valence-electron chi connectivity index (χ4n) is 1.14. The van der Waals surface area contributed by atoms with Crippen molar-refractivity contribution in [1.29, 1.82) is 0 Å². The van der Waals surface area contributed by atoms with Gasteiger partial charge in [-0.3, -0.25) is 4.68 Å². The molecule has 1 heterocycles. The maximum atomic E-state index is 11.9. The largest absolute Gasteiger partial charge is 0.467 e. The van der Waals surface area contributed by atoms with Crippen LogP contribution in [0.15, 0.2) is 6.20 Å². The molecule has 0 atom stereocenters. The van der Waals surface area contributed by atoms with Crippen molar-refractivity contribution >= 4 is 0 Å². The summed E-state index contributed by atoms with van der Waals surface area (Å²) in [5.41, 5.74) is 0.682. The molecule has 0 saturated heterocycles. The molecule has 0 aliphatic carbocycles. The Morgan fingerprint density at radius 1 is 1.47 bits per heavy atom. The lowest BCUT2D eigenvalue weighted by Crippen LogP contribution is -2.20. The van der Waals surface area contributed by atoms with E-state index in [1.807, 2.05) is 13.8 Å². The first-order valence-corrected chi connectivity index (χ1v) is 4.52. The topological polar surface area (TPSA) is 27.1 Å². The van der Waals surface area contributed by atoms with Crippen LogP contribution in [0, 0.1) is 0 Å². The number of aryl methyl sites for hydroxylation is 1. The molecule has 0 fully saturated rings. The van der Waals surface area contributed by atoms with Gasteiger partial charge in [0.1, 0.15) is 0 Å². The van der Waals surface area contributed by atoms with Crippen molar-refractivity contribution in [2.75, 3.05) is 6.61 Å². The van der Waals surface area contributed by atoms with Crippen molar-refractivity contribution in [3.63, 3.8) is 0 Å². The molecule has 0 unspecified atom stereocenters. The highest BCUT2D eigenvalue weighted by molar-refractivity contribution is 5.26. The van der Waals surface area contributed by atoms with Crippen LogP contribution in [0.3, 0.4) is 0 Å². The monoisotopic (exact) mass is 222 g/mol. The Morgan fingerprint density at radius 2 is 2.07 bits per heavy atom. The molecular weight excluding hydrogens is 209 g/mol. The Bertz CT molecular complexity index is 331. The molecule has 0 saturated carbocycles. The molecule has 3 nitrogen and oxygen atoms in total. The van der Waals surface area contributed by atoms with Gasteiger partial charge in [0.25, 0.3) is 0 Å². The Labute approximate surface area is 85.8 Å². The van der Waals surface area contributed by atoms with Crippen LogP contribution in [0.5, 0.6) is 5.88 Å². The fourth-order valence-corrected chi connectivity index (χ4v) is 1.14. The summed E-state index contributed by atoms with van der Waals surface area (Å²) in [4.78, 5) is 0. The van der Waals surface area contributed by atoms with Crippen LogP contribution in [-0.2, 0) is 7.05 Å². The van der Waals surface area contributed by atoms with E-state index in [4.69, 9.17) is 0 Å². The van der Waals surface area contributed by atoms with Gasteiger partial charge < -0.3 is 4.74 Å². The van der Waals surface area contributed by atoms with E-state index in [1.165, 1.54) is 4.68 Å². The summed E-state index contributed by atoms with van der Waals surface area (Å²) in [7, 11) is 1.65. The summed E-state index contributed by atoms with van der Waals surface area (Å²) in [5.74, 6) is 0.145. The van der Waals surface area contributed by atoms with Crippen molar-refractivity contribution in [2.24, 2.45) is 7.05 Å². The third kappa shape index (κ3) is 3.45. The molecule has 1 rings (SSSR count). The SMILES string of the molecule is CC(C)c1cn(C)nc1OCC(F)(F)F. The van der Waals surface area contributed by atoms with E-state index in [9.17, 15) is 13.2 Å². The van der Waals surface area contributed by atoms with Crippen molar-refractivity contribution in [2.45, 2.75) is 25.9 Å². The molecule has 0 aromatic carbocycles. The first kappa shape index (κ1) is 11.9. The average Bonchev–Trinajstić information content (AvgIpc) is 2.42. The Hall–Kier alpha value is -1.20. The Kier molecular flexibility index (Phi) is 3.26. The summed E-state index contributed by atoms with van der Waals surface area (Å²) in [5, 5.41) is 3.83. The molecule has 0 amide bonds. The van der Waals surface area contributed by atoms with Gasteiger partial charge in [-0.25, -0.2) is 0 Å². The number of rotatable bonds is 3. The zero-order valence-corrected chi connectivity index (χ0v) is 8.80. The van der Waals surface area contributed by atoms with Crippen molar-refractivity contribution in [3.8, 4) is 5.88 Å². The molecule has 86 valence electrons. The maximum absolute atomic E-state index is 11.9. The summed E-state index contributed by atoms with van der Waals surface area (Å²) in [6.45, 7) is 2.44. The number of hydrogen-bond donors (Lipinski definition) is 0. The molecule has 0 aliphatic rings. The summed E-state index contributed by atoms with van der Waals surface area (Å²) >= 11 is 0. The van der Waals surface area contributed by atoms with E-state index in [0.29, 0.717) is 5.56 Å². The highest BCUT2D eigenvalue weighted by atomic mass is 19.4. The minimum absolute atomic E-state index is 0.0600. The quantitative estimate of drug-likeness (QED) is 0.785. The number of aromatic nitrogens is 2. The number of hydrogen-bond acceptors (Lipinski definition) is 2. The van der Waals surface area contributed by atoms with Gasteiger partial charge >= 0.3 is 6.18 Å². The molecule has 0 spiro atoms. The normalized spacial score (nSPS) is 12.2. The molecule has 0 bridgehead atoms. The van der Waals surface area contributed by atoms with Gasteiger partial charge in [0.15, 0.2) is 6.61 Å². The highest BCUT2D eigenvalue weighted by Crippen LogP contribution is 2.26. The predicted octanol–water partition coefficient (Wildman–Crippen LogP) is 2.48. The van der Waals surface area contributed by atoms with Crippen LogP contribution in [-0.4, -0.2) is 22.6 Å². The maximum Gasteiger partial charge on any atom is 0.422 e. The molecule has 0 radical (unpaired) electrons. The number of halogens is 3. The minimum Gasteiger partial charge on any atom is -0.467 e. The second-order valence-corrected chi connectivity index (χ2v) is 3.62. The van der Waals surface area contributed by atoms with E-state index in [-0.39, 0.29) is 11.8 Å². The number of nitrogens with zero attached hydrogens (tertiary/aromatic N) is 2. The van der Waals surface area contributed by atoms with Gasteiger partial charge in [-0.2, -0.15) is 13.2 Å². The zero-order valence-electron chi connectivity index (χ0n) is 8.80. The Balaban J connectivity index is 2.76. The second-order valence-electron chi connectivity index (χ2n) is 3.62. The molecule has 6 heteroatoms. The highest BCUT2D eigenvalue weighted by Gasteiger charge is 2.29. The van der Waals surface area contributed by atoms with Gasteiger partial charge in [0.05, 0.1) is 0 Å². The van der Waals surface area contributed by atoms with Gasteiger partial charge in [0.2, 0.25) is 5.88 Å². The number of ether oxygens (including phenoxy) is 1. The third-order valence-corrected chi connectivity index (χ3v) is 1.82. The lowest BCUT2D eigenvalue weighted by molar-refractivity contribution is -0.154. The fraction of sp³-hybridized carbons (Fsp3) is 0.667. The van der Waals surface area contributed by atoms with Crippen LogP contribution in [0.2, 0.25) is 0 Å². The summed E-state index contributed by atoms with van der Waals surface area (Å²) in [6, 6.07) is 0. The second kappa shape index (κ2) is 4.12. The lowest BCUT2D eigenvalue weighted by Gasteiger charge is -2.09. The molecule has 0 N–H and O–H groups in total. The smallest absolute Gasteiger partial charge is 0.422 e. The van der Waals surface area contributed by atoms with Crippen LogP contribution < -0.4 is 4.74 Å².